The molecule has 78 valence electrons. The minimum absolute atomic E-state index is 0.419. The van der Waals surface area contributed by atoms with Crippen molar-refractivity contribution >= 4 is 0 Å². The van der Waals surface area contributed by atoms with E-state index in [1.54, 1.807) is 0 Å². The smallest absolute Gasteiger partial charge is 0.0618 e. The van der Waals surface area contributed by atoms with Crippen LogP contribution >= 0.6 is 0 Å². The number of hydrogen-bond acceptors (Lipinski definition) is 2. The maximum absolute atomic E-state index is 5.98. The molecule has 0 saturated heterocycles. The molecule has 2 heteroatoms. The Kier molecular flexibility index (Phi) is 4.74. The van der Waals surface area contributed by atoms with Gasteiger partial charge in [-0.2, -0.15) is 0 Å². The van der Waals surface area contributed by atoms with Gasteiger partial charge in [0.05, 0.1) is 12.2 Å². The molecule has 3 atom stereocenters. The summed E-state index contributed by atoms with van der Waals surface area (Å²) in [7, 11) is 0. The monoisotopic (exact) mass is 185 g/mol. The number of ether oxygens (including phenoxy) is 1. The minimum atomic E-state index is 0.419. The third kappa shape index (κ3) is 3.28. The normalized spacial score (nSPS) is 30.7. The quantitative estimate of drug-likeness (QED) is 0.713. The van der Waals surface area contributed by atoms with E-state index >= 15 is 0 Å². The molecule has 1 saturated carbocycles. The van der Waals surface area contributed by atoms with Crippen molar-refractivity contribution in [3.63, 3.8) is 0 Å². The lowest BCUT2D eigenvalue weighted by atomic mass is 10.1. The van der Waals surface area contributed by atoms with Crippen LogP contribution in [0.3, 0.4) is 0 Å². The van der Waals surface area contributed by atoms with Crippen molar-refractivity contribution in [3.8, 4) is 0 Å². The zero-order valence-electron chi connectivity index (χ0n) is 8.96. The fraction of sp³-hybridized carbons (Fsp3) is 1.00. The molecule has 0 amide bonds. The molecule has 0 aromatic rings. The van der Waals surface area contributed by atoms with Gasteiger partial charge in [-0.15, -0.1) is 0 Å². The summed E-state index contributed by atoms with van der Waals surface area (Å²) in [6.45, 7) is 5.17. The highest BCUT2D eigenvalue weighted by Crippen LogP contribution is 2.28. The standard InChI is InChI=1S/C11H23NO/c1-3-5-9(2)13-11-7-4-6-10(11)8-12/h9-11H,3-8,12H2,1-2H3. The summed E-state index contributed by atoms with van der Waals surface area (Å²) in [5.74, 6) is 0.624. The topological polar surface area (TPSA) is 35.2 Å². The van der Waals surface area contributed by atoms with Gasteiger partial charge in [0, 0.05) is 0 Å². The van der Waals surface area contributed by atoms with Gasteiger partial charge in [0.15, 0.2) is 0 Å². The van der Waals surface area contributed by atoms with Crippen LogP contribution in [0.25, 0.3) is 0 Å². The summed E-state index contributed by atoms with van der Waals surface area (Å²) in [5, 5.41) is 0. The third-order valence-electron chi connectivity index (χ3n) is 2.99. The molecule has 0 aromatic heterocycles. The molecule has 2 N–H and O–H groups in total. The van der Waals surface area contributed by atoms with Gasteiger partial charge in [-0.25, -0.2) is 0 Å². The average molecular weight is 185 g/mol. The second-order valence-electron chi connectivity index (χ2n) is 4.20. The van der Waals surface area contributed by atoms with Crippen LogP contribution in [-0.4, -0.2) is 18.8 Å². The first kappa shape index (κ1) is 11.0. The van der Waals surface area contributed by atoms with Crippen LogP contribution in [-0.2, 0) is 4.74 Å². The maximum atomic E-state index is 5.98. The second-order valence-corrected chi connectivity index (χ2v) is 4.20. The van der Waals surface area contributed by atoms with Crippen molar-refractivity contribution in [1.82, 2.24) is 0 Å². The highest BCUT2D eigenvalue weighted by molar-refractivity contribution is 4.79. The van der Waals surface area contributed by atoms with Crippen molar-refractivity contribution in [3.05, 3.63) is 0 Å². The van der Waals surface area contributed by atoms with Gasteiger partial charge in [-0.05, 0) is 38.6 Å². The van der Waals surface area contributed by atoms with E-state index in [9.17, 15) is 0 Å². The Morgan fingerprint density at radius 3 is 2.85 bits per heavy atom. The van der Waals surface area contributed by atoms with E-state index in [0.29, 0.717) is 18.1 Å². The Morgan fingerprint density at radius 2 is 2.23 bits per heavy atom. The molecule has 0 aromatic carbocycles. The molecule has 1 fully saturated rings. The van der Waals surface area contributed by atoms with Crippen molar-refractivity contribution < 1.29 is 4.74 Å². The predicted octanol–water partition coefficient (Wildman–Crippen LogP) is 2.32. The van der Waals surface area contributed by atoms with Crippen LogP contribution in [0.5, 0.6) is 0 Å². The summed E-state index contributed by atoms with van der Waals surface area (Å²) < 4.78 is 5.98. The lowest BCUT2D eigenvalue weighted by molar-refractivity contribution is -0.0239. The van der Waals surface area contributed by atoms with Gasteiger partial charge in [-0.1, -0.05) is 19.8 Å². The lowest BCUT2D eigenvalue weighted by Crippen LogP contribution is -2.28. The van der Waals surface area contributed by atoms with Crippen LogP contribution in [0, 0.1) is 5.92 Å². The van der Waals surface area contributed by atoms with Gasteiger partial charge in [0.1, 0.15) is 0 Å². The van der Waals surface area contributed by atoms with Crippen molar-refractivity contribution in [2.24, 2.45) is 11.7 Å². The van der Waals surface area contributed by atoms with Gasteiger partial charge in [0.2, 0.25) is 0 Å². The van der Waals surface area contributed by atoms with Crippen LogP contribution in [0.1, 0.15) is 46.0 Å². The summed E-state index contributed by atoms with van der Waals surface area (Å²) in [4.78, 5) is 0. The molecule has 0 radical (unpaired) electrons. The predicted molar refractivity (Wildman–Crippen MR) is 55.6 cm³/mol. The van der Waals surface area contributed by atoms with E-state index in [-0.39, 0.29) is 0 Å². The number of hydrogen-bond donors (Lipinski definition) is 1. The fourth-order valence-electron chi connectivity index (χ4n) is 2.22. The molecule has 0 aliphatic heterocycles. The van der Waals surface area contributed by atoms with Crippen LogP contribution in [0.4, 0.5) is 0 Å². The zero-order chi connectivity index (χ0) is 9.68. The Bertz CT molecular complexity index is 138. The first-order chi connectivity index (χ1) is 6.27. The summed E-state index contributed by atoms with van der Waals surface area (Å²) in [6.07, 6.45) is 7.03. The summed E-state index contributed by atoms with van der Waals surface area (Å²) in [5.41, 5.74) is 5.69. The molecule has 0 heterocycles. The Balaban J connectivity index is 2.26. The molecular formula is C11H23NO. The van der Waals surface area contributed by atoms with Crippen molar-refractivity contribution in [1.29, 1.82) is 0 Å². The Morgan fingerprint density at radius 1 is 1.46 bits per heavy atom. The molecule has 3 unspecified atom stereocenters. The summed E-state index contributed by atoms with van der Waals surface area (Å²) >= 11 is 0. The van der Waals surface area contributed by atoms with E-state index in [4.69, 9.17) is 10.5 Å². The second kappa shape index (κ2) is 5.61. The van der Waals surface area contributed by atoms with E-state index in [0.717, 1.165) is 6.54 Å². The molecule has 1 aliphatic carbocycles. The van der Waals surface area contributed by atoms with E-state index in [1.807, 2.05) is 0 Å². The number of nitrogens with two attached hydrogens (primary N) is 1. The average Bonchev–Trinajstić information content (AvgIpc) is 2.52. The van der Waals surface area contributed by atoms with Gasteiger partial charge in [0.25, 0.3) is 0 Å². The zero-order valence-corrected chi connectivity index (χ0v) is 8.96. The van der Waals surface area contributed by atoms with E-state index in [2.05, 4.69) is 13.8 Å². The maximum Gasteiger partial charge on any atom is 0.0618 e. The summed E-state index contributed by atoms with van der Waals surface area (Å²) in [6, 6.07) is 0. The minimum Gasteiger partial charge on any atom is -0.375 e. The molecule has 13 heavy (non-hydrogen) atoms. The Labute approximate surface area is 81.8 Å². The SMILES string of the molecule is CCCC(C)OC1CCCC1CN. The van der Waals surface area contributed by atoms with Crippen molar-refractivity contribution in [2.75, 3.05) is 6.54 Å². The number of rotatable bonds is 5. The van der Waals surface area contributed by atoms with Crippen LogP contribution in [0.2, 0.25) is 0 Å². The highest BCUT2D eigenvalue weighted by atomic mass is 16.5. The van der Waals surface area contributed by atoms with Gasteiger partial charge < -0.3 is 10.5 Å². The molecule has 0 spiro atoms. The molecule has 0 bridgehead atoms. The third-order valence-corrected chi connectivity index (χ3v) is 2.99. The lowest BCUT2D eigenvalue weighted by Gasteiger charge is -2.23. The molecule has 1 aliphatic rings. The van der Waals surface area contributed by atoms with E-state index in [1.165, 1.54) is 32.1 Å². The largest absolute Gasteiger partial charge is 0.375 e. The van der Waals surface area contributed by atoms with E-state index < -0.39 is 0 Å². The van der Waals surface area contributed by atoms with Gasteiger partial charge in [-0.3, -0.25) is 0 Å². The van der Waals surface area contributed by atoms with Crippen LogP contribution in [0.15, 0.2) is 0 Å². The van der Waals surface area contributed by atoms with Crippen LogP contribution < -0.4 is 5.73 Å². The fourth-order valence-corrected chi connectivity index (χ4v) is 2.22. The first-order valence-electron chi connectivity index (χ1n) is 5.63. The van der Waals surface area contributed by atoms with Gasteiger partial charge >= 0.3 is 0 Å². The Hall–Kier alpha value is -0.0800. The molecular weight excluding hydrogens is 162 g/mol. The highest BCUT2D eigenvalue weighted by Gasteiger charge is 2.27. The first-order valence-corrected chi connectivity index (χ1v) is 5.63. The van der Waals surface area contributed by atoms with Crippen molar-refractivity contribution in [2.45, 2.75) is 58.2 Å². The molecule has 2 nitrogen and oxygen atoms in total. The molecule has 1 rings (SSSR count).